The molecule has 0 spiro atoms. The van der Waals surface area contributed by atoms with Gasteiger partial charge in [-0.05, 0) is 19.8 Å². The fourth-order valence-corrected chi connectivity index (χ4v) is 1.89. The fourth-order valence-electron chi connectivity index (χ4n) is 1.89. The highest BCUT2D eigenvalue weighted by molar-refractivity contribution is 5.06. The second-order valence-corrected chi connectivity index (χ2v) is 4.27. The number of ether oxygens (including phenoxy) is 1. The first kappa shape index (κ1) is 9.30. The molecule has 1 aromatic rings. The monoisotopic (exact) mass is 209 g/mol. The molecule has 1 saturated carbocycles. The van der Waals surface area contributed by atoms with E-state index in [1.54, 1.807) is 0 Å². The predicted molar refractivity (Wildman–Crippen MR) is 52.4 cm³/mol. The maximum Gasteiger partial charge on any atom is 0.246 e. The van der Waals surface area contributed by atoms with Crippen molar-refractivity contribution in [3.8, 4) is 0 Å². The van der Waals surface area contributed by atoms with Crippen LogP contribution in [0.15, 0.2) is 4.52 Å². The van der Waals surface area contributed by atoms with Gasteiger partial charge in [0, 0.05) is 12.5 Å². The summed E-state index contributed by atoms with van der Waals surface area (Å²) in [4.78, 5) is 4.43. The van der Waals surface area contributed by atoms with Gasteiger partial charge in [-0.2, -0.15) is 4.98 Å². The summed E-state index contributed by atoms with van der Waals surface area (Å²) in [6, 6.07) is 0.0544. The van der Waals surface area contributed by atoms with Gasteiger partial charge in [-0.15, -0.1) is 0 Å². The lowest BCUT2D eigenvalue weighted by atomic mass is 10.1. The van der Waals surface area contributed by atoms with Crippen LogP contribution in [0, 0.1) is 0 Å². The van der Waals surface area contributed by atoms with Crippen molar-refractivity contribution in [1.29, 1.82) is 0 Å². The number of rotatable bonds is 2. The molecule has 2 atom stereocenters. The highest BCUT2D eigenvalue weighted by Gasteiger charge is 2.32. The first-order chi connectivity index (χ1) is 7.34. The molecule has 3 rings (SSSR count). The molecule has 0 bridgehead atoms. The van der Waals surface area contributed by atoms with Crippen molar-refractivity contribution >= 4 is 0 Å². The first-order valence-electron chi connectivity index (χ1n) is 5.53. The second kappa shape index (κ2) is 3.57. The lowest BCUT2D eigenvalue weighted by Gasteiger charge is -2.27. The van der Waals surface area contributed by atoms with Crippen LogP contribution in [0.1, 0.15) is 43.4 Å². The molecular formula is C10H15N3O2. The fraction of sp³-hybridized carbons (Fsp3) is 0.800. The number of hydrogen-bond donors (Lipinski definition) is 1. The van der Waals surface area contributed by atoms with E-state index in [4.69, 9.17) is 9.26 Å². The molecule has 5 heteroatoms. The van der Waals surface area contributed by atoms with Gasteiger partial charge in [0.15, 0.2) is 5.82 Å². The summed E-state index contributed by atoms with van der Waals surface area (Å²) in [6.07, 6.45) is 2.50. The molecule has 0 radical (unpaired) electrons. The Morgan fingerprint density at radius 3 is 3.00 bits per heavy atom. The Morgan fingerprint density at radius 2 is 2.27 bits per heavy atom. The van der Waals surface area contributed by atoms with Gasteiger partial charge in [-0.1, -0.05) is 5.16 Å². The smallest absolute Gasteiger partial charge is 0.246 e. The SMILES string of the molecule is C[C@H]1OCCN[C@@H]1c1nc(C2CC2)no1. The lowest BCUT2D eigenvalue weighted by molar-refractivity contribution is -0.00136. The Bertz CT molecular complexity index is 348. The number of nitrogens with one attached hydrogen (secondary N) is 1. The van der Waals surface area contributed by atoms with Crippen molar-refractivity contribution in [2.24, 2.45) is 0 Å². The molecule has 82 valence electrons. The van der Waals surface area contributed by atoms with Crippen molar-refractivity contribution in [2.75, 3.05) is 13.2 Å². The summed E-state index contributed by atoms with van der Waals surface area (Å²) in [5.41, 5.74) is 0. The zero-order valence-corrected chi connectivity index (χ0v) is 8.77. The zero-order chi connectivity index (χ0) is 10.3. The number of aromatic nitrogens is 2. The van der Waals surface area contributed by atoms with Crippen LogP contribution in [0.4, 0.5) is 0 Å². The van der Waals surface area contributed by atoms with Gasteiger partial charge in [0.25, 0.3) is 0 Å². The minimum Gasteiger partial charge on any atom is -0.375 e. The number of nitrogens with zero attached hydrogens (tertiary/aromatic N) is 2. The van der Waals surface area contributed by atoms with E-state index in [2.05, 4.69) is 15.5 Å². The van der Waals surface area contributed by atoms with Crippen LogP contribution in [-0.2, 0) is 4.74 Å². The summed E-state index contributed by atoms with van der Waals surface area (Å²) in [6.45, 7) is 3.62. The van der Waals surface area contributed by atoms with Crippen LogP contribution >= 0.6 is 0 Å². The Hall–Kier alpha value is -0.940. The molecule has 2 aliphatic rings. The molecule has 1 aliphatic heterocycles. The number of morpholine rings is 1. The molecular weight excluding hydrogens is 194 g/mol. The quantitative estimate of drug-likeness (QED) is 0.787. The maximum absolute atomic E-state index is 5.54. The van der Waals surface area contributed by atoms with E-state index in [-0.39, 0.29) is 12.1 Å². The third-order valence-corrected chi connectivity index (χ3v) is 2.98. The third kappa shape index (κ3) is 1.77. The van der Waals surface area contributed by atoms with Crippen LogP contribution in [-0.4, -0.2) is 29.4 Å². The summed E-state index contributed by atoms with van der Waals surface area (Å²) < 4.78 is 10.8. The minimum atomic E-state index is 0.0544. The molecule has 0 unspecified atom stereocenters. The average molecular weight is 209 g/mol. The van der Waals surface area contributed by atoms with Crippen molar-refractivity contribution in [1.82, 2.24) is 15.5 Å². The van der Waals surface area contributed by atoms with Gasteiger partial charge in [0.2, 0.25) is 5.89 Å². The van der Waals surface area contributed by atoms with E-state index in [0.29, 0.717) is 11.8 Å². The van der Waals surface area contributed by atoms with Gasteiger partial charge in [0.1, 0.15) is 6.04 Å². The third-order valence-electron chi connectivity index (χ3n) is 2.98. The minimum absolute atomic E-state index is 0.0544. The topological polar surface area (TPSA) is 60.2 Å². The summed E-state index contributed by atoms with van der Waals surface area (Å²) in [5, 5.41) is 7.34. The average Bonchev–Trinajstić information content (AvgIpc) is 2.99. The van der Waals surface area contributed by atoms with E-state index in [9.17, 15) is 0 Å². The molecule has 1 saturated heterocycles. The summed E-state index contributed by atoms with van der Waals surface area (Å²) in [5.74, 6) is 2.08. The van der Waals surface area contributed by atoms with Crippen LogP contribution in [0.3, 0.4) is 0 Å². The maximum atomic E-state index is 5.54. The van der Waals surface area contributed by atoms with Crippen LogP contribution in [0.2, 0.25) is 0 Å². The molecule has 1 aliphatic carbocycles. The van der Waals surface area contributed by atoms with Crippen LogP contribution < -0.4 is 5.32 Å². The second-order valence-electron chi connectivity index (χ2n) is 4.27. The molecule has 1 N–H and O–H groups in total. The molecule has 0 amide bonds. The molecule has 15 heavy (non-hydrogen) atoms. The van der Waals surface area contributed by atoms with Gasteiger partial charge < -0.3 is 14.6 Å². The first-order valence-corrected chi connectivity index (χ1v) is 5.53. The Morgan fingerprint density at radius 1 is 1.40 bits per heavy atom. The Balaban J connectivity index is 1.78. The highest BCUT2D eigenvalue weighted by Crippen LogP contribution is 2.38. The highest BCUT2D eigenvalue weighted by atomic mass is 16.5. The predicted octanol–water partition coefficient (Wildman–Crippen LogP) is 0.996. The van der Waals surface area contributed by atoms with Crippen molar-refractivity contribution < 1.29 is 9.26 Å². The van der Waals surface area contributed by atoms with Gasteiger partial charge in [0.05, 0.1) is 12.7 Å². The van der Waals surface area contributed by atoms with Crippen LogP contribution in [0.25, 0.3) is 0 Å². The van der Waals surface area contributed by atoms with E-state index < -0.39 is 0 Å². The Labute approximate surface area is 88.2 Å². The van der Waals surface area contributed by atoms with Gasteiger partial charge in [-0.25, -0.2) is 0 Å². The molecule has 0 aromatic carbocycles. The summed E-state index contributed by atoms with van der Waals surface area (Å²) >= 11 is 0. The molecule has 1 aromatic heterocycles. The van der Waals surface area contributed by atoms with Gasteiger partial charge >= 0.3 is 0 Å². The lowest BCUT2D eigenvalue weighted by Crippen LogP contribution is -2.40. The normalized spacial score (nSPS) is 31.8. The standard InChI is InChI=1S/C10H15N3O2/c1-6-8(11-4-5-14-6)10-12-9(13-15-10)7-2-3-7/h6-8,11H,2-5H2,1H3/t6-,8+/m1/s1. The van der Waals surface area contributed by atoms with Crippen molar-refractivity contribution in [2.45, 2.75) is 37.8 Å². The van der Waals surface area contributed by atoms with Crippen molar-refractivity contribution in [3.63, 3.8) is 0 Å². The molecule has 2 fully saturated rings. The van der Waals surface area contributed by atoms with Crippen molar-refractivity contribution in [3.05, 3.63) is 11.7 Å². The molecule has 5 nitrogen and oxygen atoms in total. The summed E-state index contributed by atoms with van der Waals surface area (Å²) in [7, 11) is 0. The largest absolute Gasteiger partial charge is 0.375 e. The molecule has 2 heterocycles. The van der Waals surface area contributed by atoms with E-state index >= 15 is 0 Å². The zero-order valence-electron chi connectivity index (χ0n) is 8.77. The van der Waals surface area contributed by atoms with E-state index in [1.807, 2.05) is 6.92 Å². The van der Waals surface area contributed by atoms with E-state index in [1.165, 1.54) is 12.8 Å². The van der Waals surface area contributed by atoms with E-state index in [0.717, 1.165) is 19.0 Å². The number of hydrogen-bond acceptors (Lipinski definition) is 5. The Kier molecular flexibility index (Phi) is 2.21. The van der Waals surface area contributed by atoms with Crippen LogP contribution in [0.5, 0.6) is 0 Å². The van der Waals surface area contributed by atoms with Gasteiger partial charge in [-0.3, -0.25) is 0 Å².